The summed E-state index contributed by atoms with van der Waals surface area (Å²) in [6.07, 6.45) is 1.54. The zero-order chi connectivity index (χ0) is 25.3. The van der Waals surface area contributed by atoms with E-state index in [1.165, 1.54) is 4.90 Å². The SMILES string of the molecule is CCc1cc(CC)c2c(c1O)C(=O)C1=C(O)C3(O)C(=O)C(C(N)=O)=C(O)C(N(C)C)C3CC1C2. The molecule has 34 heavy (non-hydrogen) atoms. The number of likely N-dealkylation sites (N-methyl/N-ethyl adjacent to an activating group) is 1. The minimum atomic E-state index is -2.61. The van der Waals surface area contributed by atoms with Gasteiger partial charge in [-0.05, 0) is 62.4 Å². The van der Waals surface area contributed by atoms with Crippen molar-refractivity contribution in [2.45, 2.75) is 51.2 Å². The zero-order valence-electron chi connectivity index (χ0n) is 19.7. The maximum absolute atomic E-state index is 13.7. The van der Waals surface area contributed by atoms with Crippen LogP contribution in [0.1, 0.15) is 47.3 Å². The fraction of sp³-hybridized carbons (Fsp3) is 0.480. The first-order valence-corrected chi connectivity index (χ1v) is 11.4. The van der Waals surface area contributed by atoms with Crippen LogP contribution in [0, 0.1) is 11.8 Å². The molecule has 3 aliphatic rings. The van der Waals surface area contributed by atoms with Crippen molar-refractivity contribution in [3.8, 4) is 5.75 Å². The number of nitrogens with zero attached hydrogens (tertiary/aromatic N) is 1. The average Bonchev–Trinajstić information content (AvgIpc) is 2.76. The Hall–Kier alpha value is -3.17. The van der Waals surface area contributed by atoms with Gasteiger partial charge in [-0.3, -0.25) is 19.3 Å². The number of aliphatic hydroxyl groups excluding tert-OH is 2. The Morgan fingerprint density at radius 1 is 1.15 bits per heavy atom. The number of aromatic hydroxyl groups is 1. The number of hydrogen-bond donors (Lipinski definition) is 5. The second kappa shape index (κ2) is 7.95. The summed E-state index contributed by atoms with van der Waals surface area (Å²) >= 11 is 0. The lowest BCUT2D eigenvalue weighted by molar-refractivity contribution is -0.148. The van der Waals surface area contributed by atoms with Gasteiger partial charge < -0.3 is 26.2 Å². The van der Waals surface area contributed by atoms with Crippen molar-refractivity contribution >= 4 is 17.5 Å². The summed E-state index contributed by atoms with van der Waals surface area (Å²) in [5.41, 5.74) is 4.07. The molecular weight excluding hydrogens is 440 g/mol. The first kappa shape index (κ1) is 24.0. The first-order chi connectivity index (χ1) is 15.9. The second-order valence-electron chi connectivity index (χ2n) is 9.57. The molecule has 0 saturated heterocycles. The van der Waals surface area contributed by atoms with Gasteiger partial charge in [0.25, 0.3) is 5.91 Å². The molecule has 9 nitrogen and oxygen atoms in total. The number of aryl methyl sites for hydroxylation is 2. The number of rotatable bonds is 4. The van der Waals surface area contributed by atoms with Crippen LogP contribution in [0.15, 0.2) is 28.7 Å². The highest BCUT2D eigenvalue weighted by Crippen LogP contribution is 2.52. The van der Waals surface area contributed by atoms with Gasteiger partial charge in [-0.15, -0.1) is 0 Å². The van der Waals surface area contributed by atoms with Crippen LogP contribution in [0.4, 0.5) is 0 Å². The standard InChI is InChI=1S/C25H30N2O7/c1-5-10-7-11(6-2)19(28)16-13(10)8-12-9-14-18(27(3)4)21(30)17(24(26)33)23(32)25(14,34)22(31)15(12)20(16)29/h7,12,14,18,28,30-31,34H,5-6,8-9H2,1-4H3,(H2,26,33). The third kappa shape index (κ3) is 2.96. The maximum Gasteiger partial charge on any atom is 0.255 e. The summed E-state index contributed by atoms with van der Waals surface area (Å²) in [7, 11) is 3.21. The van der Waals surface area contributed by atoms with E-state index in [4.69, 9.17) is 5.73 Å². The number of hydrogen-bond acceptors (Lipinski definition) is 8. The number of nitrogens with two attached hydrogens (primary N) is 1. The molecule has 0 spiro atoms. The van der Waals surface area contributed by atoms with Crippen LogP contribution in [0.2, 0.25) is 0 Å². The summed E-state index contributed by atoms with van der Waals surface area (Å²) in [6, 6.07) is 0.891. The fourth-order valence-electron chi connectivity index (χ4n) is 6.04. The Morgan fingerprint density at radius 3 is 2.29 bits per heavy atom. The van der Waals surface area contributed by atoms with E-state index in [0.29, 0.717) is 30.4 Å². The van der Waals surface area contributed by atoms with Crippen molar-refractivity contribution in [1.29, 1.82) is 0 Å². The number of ketones is 2. The van der Waals surface area contributed by atoms with Crippen LogP contribution in [-0.2, 0) is 28.9 Å². The number of aliphatic hydroxyl groups is 3. The van der Waals surface area contributed by atoms with Gasteiger partial charge in [0.2, 0.25) is 5.78 Å². The van der Waals surface area contributed by atoms with Crippen molar-refractivity contribution in [3.63, 3.8) is 0 Å². The summed E-state index contributed by atoms with van der Waals surface area (Å²) in [4.78, 5) is 40.5. The molecular formula is C25H30N2O7. The second-order valence-corrected chi connectivity index (χ2v) is 9.57. The van der Waals surface area contributed by atoms with Crippen molar-refractivity contribution in [2.75, 3.05) is 14.1 Å². The summed E-state index contributed by atoms with van der Waals surface area (Å²) in [5.74, 6) is -6.27. The van der Waals surface area contributed by atoms with Crippen LogP contribution in [0.5, 0.6) is 5.75 Å². The molecule has 1 aromatic rings. The molecule has 1 amide bonds. The topological polar surface area (TPSA) is 161 Å². The predicted octanol–water partition coefficient (Wildman–Crippen LogP) is 1.25. The van der Waals surface area contributed by atoms with Gasteiger partial charge in [0.05, 0.1) is 11.6 Å². The van der Waals surface area contributed by atoms with Crippen LogP contribution < -0.4 is 5.73 Å². The molecule has 0 aromatic heterocycles. The molecule has 0 heterocycles. The Bertz CT molecular complexity index is 1200. The number of phenolic OH excluding ortho intramolecular Hbond substituents is 1. The number of primary amides is 1. The minimum absolute atomic E-state index is 0.0805. The molecule has 0 fully saturated rings. The molecule has 0 aliphatic heterocycles. The van der Waals surface area contributed by atoms with Crippen LogP contribution in [0.3, 0.4) is 0 Å². The monoisotopic (exact) mass is 470 g/mol. The highest BCUT2D eigenvalue weighted by atomic mass is 16.3. The van der Waals surface area contributed by atoms with Gasteiger partial charge in [-0.2, -0.15) is 0 Å². The molecule has 4 unspecified atom stereocenters. The van der Waals surface area contributed by atoms with E-state index in [9.17, 15) is 34.8 Å². The van der Waals surface area contributed by atoms with Gasteiger partial charge in [0.1, 0.15) is 22.8 Å². The Balaban J connectivity index is 1.99. The fourth-order valence-corrected chi connectivity index (χ4v) is 6.04. The van der Waals surface area contributed by atoms with Gasteiger partial charge in [-0.25, -0.2) is 0 Å². The molecule has 182 valence electrons. The first-order valence-electron chi connectivity index (χ1n) is 11.4. The number of benzene rings is 1. The Kier molecular flexibility index (Phi) is 5.61. The molecule has 0 bridgehead atoms. The van der Waals surface area contributed by atoms with Crippen molar-refractivity contribution in [1.82, 2.24) is 4.90 Å². The number of phenols is 1. The average molecular weight is 471 g/mol. The van der Waals surface area contributed by atoms with E-state index in [-0.39, 0.29) is 23.3 Å². The minimum Gasteiger partial charge on any atom is -0.510 e. The highest BCUT2D eigenvalue weighted by Gasteiger charge is 2.63. The van der Waals surface area contributed by atoms with Crippen molar-refractivity contribution in [2.24, 2.45) is 17.6 Å². The van der Waals surface area contributed by atoms with Gasteiger partial charge >= 0.3 is 0 Å². The third-order valence-corrected chi connectivity index (χ3v) is 7.66. The summed E-state index contributed by atoms with van der Waals surface area (Å²) in [5, 5.41) is 44.5. The van der Waals surface area contributed by atoms with E-state index in [0.717, 1.165) is 5.56 Å². The van der Waals surface area contributed by atoms with E-state index in [1.54, 1.807) is 14.1 Å². The normalized spacial score (nSPS) is 28.7. The molecule has 1 aromatic carbocycles. The number of carbonyl (C=O) groups is 3. The lowest BCUT2D eigenvalue weighted by Gasteiger charge is -2.50. The largest absolute Gasteiger partial charge is 0.510 e. The van der Waals surface area contributed by atoms with Crippen molar-refractivity contribution < 1.29 is 34.8 Å². The molecule has 4 rings (SSSR count). The highest BCUT2D eigenvalue weighted by molar-refractivity contribution is 6.24. The Labute approximate surface area is 197 Å². The van der Waals surface area contributed by atoms with Gasteiger partial charge in [-0.1, -0.05) is 19.9 Å². The molecule has 4 atom stereocenters. The molecule has 0 saturated carbocycles. The van der Waals surface area contributed by atoms with Crippen LogP contribution >= 0.6 is 0 Å². The molecule has 9 heteroatoms. The number of amides is 1. The van der Waals surface area contributed by atoms with Crippen LogP contribution in [-0.4, -0.2) is 68.5 Å². The van der Waals surface area contributed by atoms with E-state index in [1.807, 2.05) is 19.9 Å². The van der Waals surface area contributed by atoms with E-state index < -0.39 is 58.0 Å². The number of allylic oxidation sites excluding steroid dienone is 1. The van der Waals surface area contributed by atoms with E-state index >= 15 is 0 Å². The predicted molar refractivity (Wildman–Crippen MR) is 122 cm³/mol. The zero-order valence-corrected chi connectivity index (χ0v) is 19.7. The van der Waals surface area contributed by atoms with Gasteiger partial charge in [0, 0.05) is 11.5 Å². The lowest BCUT2D eigenvalue weighted by atomic mass is 9.58. The smallest absolute Gasteiger partial charge is 0.255 e. The van der Waals surface area contributed by atoms with E-state index in [2.05, 4.69) is 0 Å². The Morgan fingerprint density at radius 2 is 1.76 bits per heavy atom. The molecule has 6 N–H and O–H groups in total. The summed E-state index contributed by atoms with van der Waals surface area (Å²) in [6.45, 7) is 3.81. The molecule has 0 radical (unpaired) electrons. The maximum atomic E-state index is 13.7. The lowest BCUT2D eigenvalue weighted by Crippen LogP contribution is -2.63. The number of fused-ring (bicyclic) bond motifs is 3. The number of Topliss-reactive ketones (excluding diaryl/α,β-unsaturated/α-hetero) is 2. The van der Waals surface area contributed by atoms with Crippen LogP contribution in [0.25, 0.3) is 0 Å². The third-order valence-electron chi connectivity index (χ3n) is 7.66. The van der Waals surface area contributed by atoms with Gasteiger partial charge in [0.15, 0.2) is 11.4 Å². The summed E-state index contributed by atoms with van der Waals surface area (Å²) < 4.78 is 0. The number of carbonyl (C=O) groups excluding carboxylic acids is 3. The molecule has 3 aliphatic carbocycles. The van der Waals surface area contributed by atoms with Crippen molar-refractivity contribution in [3.05, 3.63) is 51.0 Å². The quantitative estimate of drug-likeness (QED) is 0.411.